The molecule has 2 heteroatoms. The molecule has 0 saturated carbocycles. The van der Waals surface area contributed by atoms with E-state index in [4.69, 9.17) is 0 Å². The van der Waals surface area contributed by atoms with E-state index >= 15 is 0 Å². The zero-order valence-corrected chi connectivity index (χ0v) is 9.21. The lowest BCUT2D eigenvalue weighted by atomic mass is 10.3. The predicted molar refractivity (Wildman–Crippen MR) is 60.8 cm³/mol. The van der Waals surface area contributed by atoms with Crippen LogP contribution in [0.25, 0.3) is 12.7 Å². The minimum absolute atomic E-state index is 0.886. The molecule has 0 aliphatic carbocycles. The number of aromatic nitrogens is 1. The number of nitrogens with zero attached hydrogens (tertiary/aromatic N) is 1. The van der Waals surface area contributed by atoms with E-state index in [-0.39, 0.29) is 0 Å². The maximum absolute atomic E-state index is 4.21. The lowest BCUT2D eigenvalue weighted by molar-refractivity contribution is 1.21. The van der Waals surface area contributed by atoms with E-state index in [1.807, 2.05) is 19.1 Å². The molecule has 1 aromatic heterocycles. The van der Waals surface area contributed by atoms with Crippen molar-refractivity contribution in [3.8, 4) is 0 Å². The summed E-state index contributed by atoms with van der Waals surface area (Å²) in [6.45, 7) is 5.90. The molecular weight excluding hydrogens is 226 g/mol. The highest BCUT2D eigenvalue weighted by Crippen LogP contribution is 2.02. The van der Waals surface area contributed by atoms with E-state index in [9.17, 15) is 0 Å². The Labute approximate surface area is 86.6 Å². The molecule has 0 N–H and O–H groups in total. The van der Waals surface area contributed by atoms with Gasteiger partial charge in [-0.05, 0) is 29.1 Å². The van der Waals surface area contributed by atoms with Gasteiger partial charge in [-0.15, -0.1) is 0 Å². The van der Waals surface area contributed by atoms with Crippen LogP contribution in [-0.2, 0) is 0 Å². The molecule has 1 rings (SSSR count). The van der Waals surface area contributed by atoms with Gasteiger partial charge in [0.05, 0.1) is 5.35 Å². The molecule has 0 fully saturated rings. The van der Waals surface area contributed by atoms with E-state index in [2.05, 4.69) is 39.6 Å². The SMILES string of the molecule is C=c1cccnc1=CC/C=C(\C)Br. The van der Waals surface area contributed by atoms with Gasteiger partial charge in [0.25, 0.3) is 0 Å². The summed E-state index contributed by atoms with van der Waals surface area (Å²) < 4.78 is 1.14. The summed E-state index contributed by atoms with van der Waals surface area (Å²) in [5.74, 6) is 0. The fourth-order valence-electron chi connectivity index (χ4n) is 0.968. The minimum atomic E-state index is 0.886. The number of hydrogen-bond acceptors (Lipinski definition) is 1. The van der Waals surface area contributed by atoms with Crippen molar-refractivity contribution in [2.45, 2.75) is 13.3 Å². The molecule has 0 amide bonds. The third-order valence-corrected chi connectivity index (χ3v) is 1.96. The molecule has 0 atom stereocenters. The van der Waals surface area contributed by atoms with E-state index in [0.29, 0.717) is 0 Å². The lowest BCUT2D eigenvalue weighted by Crippen LogP contribution is -2.25. The average molecular weight is 238 g/mol. The number of pyridine rings is 1. The summed E-state index contributed by atoms with van der Waals surface area (Å²) in [6.07, 6.45) is 6.82. The first-order valence-electron chi connectivity index (χ1n) is 4.12. The van der Waals surface area contributed by atoms with Gasteiger partial charge < -0.3 is 0 Å². The van der Waals surface area contributed by atoms with Crippen molar-refractivity contribution in [3.63, 3.8) is 0 Å². The first kappa shape index (κ1) is 10.2. The van der Waals surface area contributed by atoms with E-state index in [1.54, 1.807) is 6.20 Å². The van der Waals surface area contributed by atoms with Crippen LogP contribution in [0.3, 0.4) is 0 Å². The summed E-state index contributed by atoms with van der Waals surface area (Å²) in [6, 6.07) is 3.86. The van der Waals surface area contributed by atoms with Crippen LogP contribution in [0, 0.1) is 0 Å². The van der Waals surface area contributed by atoms with Gasteiger partial charge in [0.15, 0.2) is 0 Å². The number of rotatable bonds is 2. The number of halogens is 1. The Morgan fingerprint density at radius 2 is 2.46 bits per heavy atom. The molecule has 0 bridgehead atoms. The van der Waals surface area contributed by atoms with Gasteiger partial charge in [-0.3, -0.25) is 4.98 Å². The van der Waals surface area contributed by atoms with Crippen molar-refractivity contribution < 1.29 is 0 Å². The van der Waals surface area contributed by atoms with Gasteiger partial charge in [-0.2, -0.15) is 0 Å². The smallest absolute Gasteiger partial charge is 0.0659 e. The standard InChI is InChI=1S/C11H12BrN/c1-9-5-4-8-13-11(9)7-3-6-10(2)12/h4-8H,1,3H2,2H3/b10-6+,11-7?. The number of hydrogen-bond donors (Lipinski definition) is 0. The molecule has 0 aromatic carbocycles. The molecule has 1 aromatic rings. The zero-order valence-electron chi connectivity index (χ0n) is 7.63. The Hall–Kier alpha value is -0.890. The summed E-state index contributed by atoms with van der Waals surface area (Å²) >= 11 is 3.37. The van der Waals surface area contributed by atoms with Crippen LogP contribution in [0.1, 0.15) is 13.3 Å². The fraction of sp³-hybridized carbons (Fsp3) is 0.182. The third-order valence-electron chi connectivity index (χ3n) is 1.64. The van der Waals surface area contributed by atoms with Gasteiger partial charge in [0.1, 0.15) is 0 Å². The molecule has 0 aliphatic heterocycles. The van der Waals surface area contributed by atoms with Gasteiger partial charge in [-0.25, -0.2) is 0 Å². The van der Waals surface area contributed by atoms with Crippen molar-refractivity contribution in [2.24, 2.45) is 0 Å². The Kier molecular flexibility index (Phi) is 3.90. The van der Waals surface area contributed by atoms with Crippen molar-refractivity contribution in [1.82, 2.24) is 4.98 Å². The van der Waals surface area contributed by atoms with Crippen LogP contribution in [-0.4, -0.2) is 4.98 Å². The molecule has 68 valence electrons. The van der Waals surface area contributed by atoms with Crippen LogP contribution in [0.5, 0.6) is 0 Å². The van der Waals surface area contributed by atoms with Crippen molar-refractivity contribution in [2.75, 3.05) is 0 Å². The molecular formula is C11H12BrN. The molecule has 0 saturated heterocycles. The zero-order chi connectivity index (χ0) is 9.68. The summed E-state index contributed by atoms with van der Waals surface area (Å²) in [5, 5.41) is 1.94. The van der Waals surface area contributed by atoms with Crippen LogP contribution < -0.4 is 10.6 Å². The maximum atomic E-state index is 4.21. The summed E-state index contributed by atoms with van der Waals surface area (Å²) in [7, 11) is 0. The summed E-state index contributed by atoms with van der Waals surface area (Å²) in [5.41, 5.74) is 0. The maximum Gasteiger partial charge on any atom is 0.0659 e. The molecule has 0 unspecified atom stereocenters. The molecule has 13 heavy (non-hydrogen) atoms. The number of allylic oxidation sites excluding steroid dienone is 2. The molecule has 1 heterocycles. The molecule has 0 aliphatic rings. The van der Waals surface area contributed by atoms with Crippen molar-refractivity contribution in [1.29, 1.82) is 0 Å². The van der Waals surface area contributed by atoms with Gasteiger partial charge >= 0.3 is 0 Å². The largest absolute Gasteiger partial charge is 0.257 e. The van der Waals surface area contributed by atoms with Crippen LogP contribution in [0.4, 0.5) is 0 Å². The lowest BCUT2D eigenvalue weighted by Gasteiger charge is -1.87. The first-order chi connectivity index (χ1) is 6.20. The van der Waals surface area contributed by atoms with Crippen LogP contribution in [0.15, 0.2) is 28.9 Å². The Balaban J connectivity index is 2.90. The Morgan fingerprint density at radius 1 is 1.69 bits per heavy atom. The molecule has 1 nitrogen and oxygen atoms in total. The Bertz CT molecular complexity index is 402. The van der Waals surface area contributed by atoms with Crippen LogP contribution >= 0.6 is 15.9 Å². The van der Waals surface area contributed by atoms with Crippen molar-refractivity contribution in [3.05, 3.63) is 39.5 Å². The van der Waals surface area contributed by atoms with Gasteiger partial charge in [0, 0.05) is 6.20 Å². The van der Waals surface area contributed by atoms with E-state index in [0.717, 1.165) is 21.5 Å². The predicted octanol–water partition coefficient (Wildman–Crippen LogP) is 1.96. The highest BCUT2D eigenvalue weighted by atomic mass is 79.9. The van der Waals surface area contributed by atoms with E-state index < -0.39 is 0 Å². The van der Waals surface area contributed by atoms with Crippen LogP contribution in [0.2, 0.25) is 0 Å². The quantitative estimate of drug-likeness (QED) is 0.767. The topological polar surface area (TPSA) is 12.9 Å². The highest BCUT2D eigenvalue weighted by molar-refractivity contribution is 9.11. The second-order valence-electron chi connectivity index (χ2n) is 2.78. The van der Waals surface area contributed by atoms with Crippen molar-refractivity contribution >= 4 is 28.6 Å². The normalized spacial score (nSPS) is 13.4. The second kappa shape index (κ2) is 4.97. The minimum Gasteiger partial charge on any atom is -0.257 e. The Morgan fingerprint density at radius 3 is 3.08 bits per heavy atom. The van der Waals surface area contributed by atoms with E-state index in [1.165, 1.54) is 0 Å². The van der Waals surface area contributed by atoms with Gasteiger partial charge in [0.2, 0.25) is 0 Å². The summed E-state index contributed by atoms with van der Waals surface area (Å²) in [4.78, 5) is 4.21. The first-order valence-corrected chi connectivity index (χ1v) is 4.92. The molecule has 0 radical (unpaired) electrons. The third kappa shape index (κ3) is 3.55. The monoisotopic (exact) mass is 237 g/mol. The molecule has 0 spiro atoms. The fourth-order valence-corrected chi connectivity index (χ4v) is 1.15. The van der Waals surface area contributed by atoms with Gasteiger partial charge in [-0.1, -0.05) is 40.7 Å². The second-order valence-corrected chi connectivity index (χ2v) is 4.03. The average Bonchev–Trinajstić information content (AvgIpc) is 2.08. The highest BCUT2D eigenvalue weighted by Gasteiger charge is 1.82.